The molecule has 1 aromatic rings. The fraction of sp³-hybridized carbons (Fsp3) is 0.714. The molecule has 2 rings (SSSR count). The van der Waals surface area contributed by atoms with Gasteiger partial charge in [-0.1, -0.05) is 13.3 Å². The van der Waals surface area contributed by atoms with E-state index in [4.69, 9.17) is 0 Å². The van der Waals surface area contributed by atoms with Gasteiger partial charge in [0.25, 0.3) is 0 Å². The molecule has 1 unspecified atom stereocenters. The van der Waals surface area contributed by atoms with Gasteiger partial charge in [-0.05, 0) is 39.0 Å². The Balaban J connectivity index is 1.93. The van der Waals surface area contributed by atoms with E-state index in [0.717, 1.165) is 25.2 Å². The molecule has 1 atom stereocenters. The quantitative estimate of drug-likeness (QED) is 0.698. The maximum Gasteiger partial charge on any atom is 0.242 e. The lowest BCUT2D eigenvalue weighted by Gasteiger charge is -2.32. The van der Waals surface area contributed by atoms with Crippen LogP contribution in [-0.4, -0.2) is 51.0 Å². The molecule has 0 radical (unpaired) electrons. The third-order valence-electron chi connectivity index (χ3n) is 4.02. The number of hydrogen-bond acceptors (Lipinski definition) is 4. The maximum absolute atomic E-state index is 12.3. The number of likely N-dealkylation sites (N-methyl/N-ethyl adjacent to an activating group) is 1. The highest BCUT2D eigenvalue weighted by Crippen LogP contribution is 2.16. The van der Waals surface area contributed by atoms with E-state index < -0.39 is 10.0 Å². The number of sulfonamides is 1. The second-order valence-corrected chi connectivity index (χ2v) is 7.39. The van der Waals surface area contributed by atoms with Crippen molar-refractivity contribution < 1.29 is 8.42 Å². The third kappa shape index (κ3) is 4.54. The van der Waals surface area contributed by atoms with Gasteiger partial charge in [-0.2, -0.15) is 0 Å². The van der Waals surface area contributed by atoms with Crippen LogP contribution >= 0.6 is 0 Å². The van der Waals surface area contributed by atoms with Crippen LogP contribution in [0, 0.1) is 0 Å². The highest BCUT2D eigenvalue weighted by molar-refractivity contribution is 7.89. The lowest BCUT2D eigenvalue weighted by molar-refractivity contribution is 0.187. The Hall–Kier alpha value is -0.890. The lowest BCUT2D eigenvalue weighted by Crippen LogP contribution is -2.44. The Bertz CT molecular complexity index is 541. The van der Waals surface area contributed by atoms with Crippen LogP contribution in [0.4, 0.5) is 0 Å². The maximum atomic E-state index is 12.3. The third-order valence-corrected chi connectivity index (χ3v) is 5.43. The van der Waals surface area contributed by atoms with Crippen LogP contribution in [0.15, 0.2) is 17.2 Å². The Kier molecular flexibility index (Phi) is 5.80. The first-order valence-electron chi connectivity index (χ1n) is 7.61. The van der Waals surface area contributed by atoms with Crippen molar-refractivity contribution in [3.63, 3.8) is 0 Å². The molecule has 0 aliphatic carbocycles. The molecule has 0 spiro atoms. The number of likely N-dealkylation sites (tertiary alicyclic amines) is 1. The van der Waals surface area contributed by atoms with Gasteiger partial charge in [0, 0.05) is 31.0 Å². The number of aromatic amines is 1. The van der Waals surface area contributed by atoms with Gasteiger partial charge in [0.1, 0.15) is 0 Å². The summed E-state index contributed by atoms with van der Waals surface area (Å²) in [6.45, 7) is 5.05. The summed E-state index contributed by atoms with van der Waals surface area (Å²) in [5.74, 6) is 0. The zero-order chi connectivity index (χ0) is 15.3. The molecule has 1 saturated heterocycles. The van der Waals surface area contributed by atoms with E-state index in [0.29, 0.717) is 24.0 Å². The van der Waals surface area contributed by atoms with Gasteiger partial charge in [-0.15, -0.1) is 0 Å². The number of H-pyrrole nitrogens is 1. The molecule has 1 aliphatic rings. The summed E-state index contributed by atoms with van der Waals surface area (Å²) in [5.41, 5.74) is 0.881. The van der Waals surface area contributed by atoms with Gasteiger partial charge in [0.05, 0.1) is 4.90 Å². The Morgan fingerprint density at radius 2 is 2.24 bits per heavy atom. The second-order valence-electron chi connectivity index (χ2n) is 5.62. The van der Waals surface area contributed by atoms with Gasteiger partial charge in [-0.25, -0.2) is 13.1 Å². The summed E-state index contributed by atoms with van der Waals surface area (Å²) in [5, 5.41) is 3.17. The van der Waals surface area contributed by atoms with E-state index in [-0.39, 0.29) is 0 Å². The summed E-state index contributed by atoms with van der Waals surface area (Å²) >= 11 is 0. The Labute approximate surface area is 127 Å². The fourth-order valence-electron chi connectivity index (χ4n) is 2.63. The molecule has 3 N–H and O–H groups in total. The fourth-order valence-corrected chi connectivity index (χ4v) is 3.72. The van der Waals surface area contributed by atoms with Crippen LogP contribution in [0.2, 0.25) is 0 Å². The van der Waals surface area contributed by atoms with Crippen molar-refractivity contribution in [2.45, 2.75) is 43.7 Å². The predicted octanol–water partition coefficient (Wildman–Crippen LogP) is 0.887. The van der Waals surface area contributed by atoms with Crippen molar-refractivity contribution in [1.29, 1.82) is 0 Å². The summed E-state index contributed by atoms with van der Waals surface area (Å²) in [6, 6.07) is 1.99. The van der Waals surface area contributed by atoms with Gasteiger partial charge >= 0.3 is 0 Å². The number of rotatable bonds is 7. The van der Waals surface area contributed by atoms with Crippen molar-refractivity contribution in [3.05, 3.63) is 18.0 Å². The average molecular weight is 314 g/mol. The normalized spacial score (nSPS) is 20.8. The van der Waals surface area contributed by atoms with Crippen molar-refractivity contribution in [2.24, 2.45) is 0 Å². The smallest absolute Gasteiger partial charge is 0.242 e. The first-order valence-corrected chi connectivity index (χ1v) is 9.09. The molecule has 1 aromatic heterocycles. The van der Waals surface area contributed by atoms with Crippen LogP contribution in [0.25, 0.3) is 0 Å². The zero-order valence-electron chi connectivity index (χ0n) is 12.9. The van der Waals surface area contributed by atoms with Crippen molar-refractivity contribution >= 4 is 10.0 Å². The molecule has 120 valence electrons. The van der Waals surface area contributed by atoms with E-state index in [1.165, 1.54) is 12.8 Å². The number of piperidine rings is 1. The zero-order valence-corrected chi connectivity index (χ0v) is 13.7. The molecule has 0 aromatic carbocycles. The largest absolute Gasteiger partial charge is 0.363 e. The van der Waals surface area contributed by atoms with E-state index in [9.17, 15) is 8.42 Å². The van der Waals surface area contributed by atoms with Crippen LogP contribution in [-0.2, 0) is 16.6 Å². The van der Waals surface area contributed by atoms with E-state index in [1.807, 2.05) is 6.92 Å². The molecule has 21 heavy (non-hydrogen) atoms. The molecule has 1 fully saturated rings. The summed E-state index contributed by atoms with van der Waals surface area (Å²) in [6.07, 6.45) is 4.98. The first-order chi connectivity index (χ1) is 10.0. The van der Waals surface area contributed by atoms with E-state index in [1.54, 1.807) is 12.3 Å². The number of hydrogen-bond donors (Lipinski definition) is 3. The minimum absolute atomic E-state index is 0.300. The molecule has 0 bridgehead atoms. The highest BCUT2D eigenvalue weighted by atomic mass is 32.2. The monoisotopic (exact) mass is 314 g/mol. The molecule has 6 nitrogen and oxygen atoms in total. The summed E-state index contributed by atoms with van der Waals surface area (Å²) in [4.78, 5) is 5.55. The van der Waals surface area contributed by atoms with Crippen LogP contribution in [0.1, 0.15) is 31.9 Å². The number of nitrogens with one attached hydrogen (secondary N) is 3. The Morgan fingerprint density at radius 1 is 1.43 bits per heavy atom. The topological polar surface area (TPSA) is 77.2 Å². The highest BCUT2D eigenvalue weighted by Gasteiger charge is 2.22. The molecule has 0 saturated carbocycles. The lowest BCUT2D eigenvalue weighted by atomic mass is 10.0. The van der Waals surface area contributed by atoms with Crippen molar-refractivity contribution in [3.8, 4) is 0 Å². The van der Waals surface area contributed by atoms with Gasteiger partial charge in [0.2, 0.25) is 10.0 Å². The first kappa shape index (κ1) is 16.5. The average Bonchev–Trinajstić information content (AvgIpc) is 2.94. The molecule has 7 heteroatoms. The SMILES string of the molecule is CCNCc1cc(S(=O)(=O)NCC2CCCCN2C)c[nH]1. The standard InChI is InChI=1S/C14H26N4O2S/c1-3-15-9-12-8-14(11-16-12)21(19,20)17-10-13-6-4-5-7-18(13)2/h8,11,13,15-17H,3-7,9-10H2,1-2H3. The molecule has 1 aliphatic heterocycles. The molecular weight excluding hydrogens is 288 g/mol. The number of nitrogens with zero attached hydrogens (tertiary/aromatic N) is 1. The van der Waals surface area contributed by atoms with E-state index in [2.05, 4.69) is 27.0 Å². The van der Waals surface area contributed by atoms with Gasteiger partial charge < -0.3 is 15.2 Å². The van der Waals surface area contributed by atoms with E-state index >= 15 is 0 Å². The Morgan fingerprint density at radius 3 is 2.95 bits per heavy atom. The molecule has 0 amide bonds. The second kappa shape index (κ2) is 7.40. The molecular formula is C14H26N4O2S. The van der Waals surface area contributed by atoms with Crippen LogP contribution < -0.4 is 10.0 Å². The minimum atomic E-state index is -3.42. The summed E-state index contributed by atoms with van der Waals surface area (Å²) in [7, 11) is -1.36. The van der Waals surface area contributed by atoms with Crippen molar-refractivity contribution in [1.82, 2.24) is 19.9 Å². The predicted molar refractivity (Wildman–Crippen MR) is 83.6 cm³/mol. The van der Waals surface area contributed by atoms with Crippen LogP contribution in [0.3, 0.4) is 0 Å². The molecule has 2 heterocycles. The van der Waals surface area contributed by atoms with Gasteiger partial charge in [0.15, 0.2) is 0 Å². The summed E-state index contributed by atoms with van der Waals surface area (Å²) < 4.78 is 27.3. The van der Waals surface area contributed by atoms with Crippen molar-refractivity contribution in [2.75, 3.05) is 26.7 Å². The van der Waals surface area contributed by atoms with Crippen LogP contribution in [0.5, 0.6) is 0 Å². The minimum Gasteiger partial charge on any atom is -0.363 e. The number of aromatic nitrogens is 1. The van der Waals surface area contributed by atoms with Gasteiger partial charge in [-0.3, -0.25) is 0 Å².